The van der Waals surface area contributed by atoms with Gasteiger partial charge in [0.15, 0.2) is 0 Å². The van der Waals surface area contributed by atoms with E-state index in [0.717, 1.165) is 19.5 Å². The fraction of sp³-hybridized carbons (Fsp3) is 0.294. The maximum absolute atomic E-state index is 12.6. The number of aryl methyl sites for hydroxylation is 1. The van der Waals surface area contributed by atoms with Gasteiger partial charge in [-0.2, -0.15) is 0 Å². The molecule has 1 aromatic carbocycles. The number of benzene rings is 1. The van der Waals surface area contributed by atoms with Crippen molar-refractivity contribution in [3.8, 4) is 11.3 Å². The Labute approximate surface area is 162 Å². The van der Waals surface area contributed by atoms with Gasteiger partial charge in [-0.15, -0.1) is 12.4 Å². The topological polar surface area (TPSA) is 67.2 Å². The number of amides is 1. The molecular weight excluding hydrogens is 385 g/mol. The lowest BCUT2D eigenvalue weighted by atomic mass is 10.0. The van der Waals surface area contributed by atoms with Crippen molar-refractivity contribution in [3.05, 3.63) is 51.2 Å². The molecule has 1 amide bonds. The van der Waals surface area contributed by atoms with Crippen molar-refractivity contribution in [1.82, 2.24) is 15.8 Å². The van der Waals surface area contributed by atoms with Crippen LogP contribution in [0.15, 0.2) is 34.4 Å². The van der Waals surface area contributed by atoms with E-state index in [1.54, 1.807) is 25.1 Å². The zero-order valence-electron chi connectivity index (χ0n) is 13.6. The van der Waals surface area contributed by atoms with Gasteiger partial charge in [-0.3, -0.25) is 4.79 Å². The first-order valence-electron chi connectivity index (χ1n) is 7.65. The average Bonchev–Trinajstić information content (AvgIpc) is 2.95. The molecule has 0 bridgehead atoms. The number of hydrogen-bond donors (Lipinski definition) is 2. The minimum absolute atomic E-state index is 0. The van der Waals surface area contributed by atoms with Crippen LogP contribution in [-0.2, 0) is 0 Å². The normalized spacial score (nSPS) is 13.8. The predicted molar refractivity (Wildman–Crippen MR) is 102 cm³/mol. The van der Waals surface area contributed by atoms with Crippen LogP contribution in [-0.4, -0.2) is 30.7 Å². The molecule has 1 aromatic heterocycles. The van der Waals surface area contributed by atoms with E-state index in [4.69, 9.17) is 27.7 Å². The number of aromatic nitrogens is 1. The fourth-order valence-corrected chi connectivity index (χ4v) is 3.22. The minimum Gasteiger partial charge on any atom is -0.360 e. The Balaban J connectivity index is 0.00000225. The van der Waals surface area contributed by atoms with Gasteiger partial charge in [-0.05, 0) is 32.0 Å². The van der Waals surface area contributed by atoms with Crippen molar-refractivity contribution < 1.29 is 9.32 Å². The van der Waals surface area contributed by atoms with E-state index < -0.39 is 0 Å². The van der Waals surface area contributed by atoms with Crippen molar-refractivity contribution in [3.63, 3.8) is 0 Å². The molecule has 2 N–H and O–H groups in total. The lowest BCUT2D eigenvalue weighted by Gasteiger charge is -2.14. The Morgan fingerprint density at radius 3 is 2.72 bits per heavy atom. The molecule has 8 heteroatoms. The van der Waals surface area contributed by atoms with Crippen molar-refractivity contribution in [2.24, 2.45) is 0 Å². The van der Waals surface area contributed by atoms with Gasteiger partial charge >= 0.3 is 0 Å². The lowest BCUT2D eigenvalue weighted by Crippen LogP contribution is -2.30. The molecule has 0 radical (unpaired) electrons. The third-order valence-electron chi connectivity index (χ3n) is 3.92. The third kappa shape index (κ3) is 4.36. The first-order valence-corrected chi connectivity index (χ1v) is 8.41. The Morgan fingerprint density at radius 1 is 1.36 bits per heavy atom. The smallest absolute Gasteiger partial charge is 0.257 e. The summed E-state index contributed by atoms with van der Waals surface area (Å²) in [6.07, 6.45) is 3.02. The molecule has 2 aromatic rings. The Kier molecular flexibility index (Phi) is 6.90. The maximum atomic E-state index is 12.6. The van der Waals surface area contributed by atoms with Crippen LogP contribution >= 0.6 is 35.6 Å². The van der Waals surface area contributed by atoms with Gasteiger partial charge in [0, 0.05) is 18.7 Å². The van der Waals surface area contributed by atoms with E-state index in [-0.39, 0.29) is 18.3 Å². The van der Waals surface area contributed by atoms with Gasteiger partial charge in [0.1, 0.15) is 17.0 Å². The van der Waals surface area contributed by atoms with E-state index >= 15 is 0 Å². The zero-order chi connectivity index (χ0) is 17.1. The van der Waals surface area contributed by atoms with Crippen LogP contribution in [0.1, 0.15) is 22.5 Å². The average molecular weight is 403 g/mol. The monoisotopic (exact) mass is 401 g/mol. The Morgan fingerprint density at radius 2 is 2.08 bits per heavy atom. The van der Waals surface area contributed by atoms with Crippen molar-refractivity contribution in [2.45, 2.75) is 13.3 Å². The predicted octanol–water partition coefficient (Wildman–Crippen LogP) is 4.03. The molecule has 25 heavy (non-hydrogen) atoms. The molecule has 2 heterocycles. The quantitative estimate of drug-likeness (QED) is 0.758. The van der Waals surface area contributed by atoms with Crippen molar-refractivity contribution in [1.29, 1.82) is 0 Å². The summed E-state index contributed by atoms with van der Waals surface area (Å²) in [5.74, 6) is 0.178. The van der Waals surface area contributed by atoms with Crippen LogP contribution in [0.3, 0.4) is 0 Å². The number of rotatable bonds is 4. The van der Waals surface area contributed by atoms with Crippen LogP contribution in [0.2, 0.25) is 10.0 Å². The summed E-state index contributed by atoms with van der Waals surface area (Å²) >= 11 is 12.5. The maximum Gasteiger partial charge on any atom is 0.257 e. The SMILES string of the molecule is Cc1onc(-c2c(Cl)cccc2Cl)c1C(=O)NCC1=CCNCC1.Cl. The van der Waals surface area contributed by atoms with Crippen LogP contribution < -0.4 is 10.6 Å². The molecule has 134 valence electrons. The first-order chi connectivity index (χ1) is 11.6. The van der Waals surface area contributed by atoms with Crippen LogP contribution in [0, 0.1) is 6.92 Å². The molecular formula is C17H18Cl3N3O2. The number of halogens is 3. The summed E-state index contributed by atoms with van der Waals surface area (Å²) in [5, 5.41) is 11.0. The van der Waals surface area contributed by atoms with Gasteiger partial charge < -0.3 is 15.2 Å². The molecule has 1 aliphatic heterocycles. The Bertz CT molecular complexity index is 782. The molecule has 0 unspecified atom stereocenters. The highest BCUT2D eigenvalue weighted by atomic mass is 35.5. The van der Waals surface area contributed by atoms with Gasteiger partial charge in [0.05, 0.1) is 10.0 Å². The van der Waals surface area contributed by atoms with Crippen molar-refractivity contribution in [2.75, 3.05) is 19.6 Å². The molecule has 0 saturated carbocycles. The summed E-state index contributed by atoms with van der Waals surface area (Å²) in [5.41, 5.74) is 2.43. The fourth-order valence-electron chi connectivity index (χ4n) is 2.65. The summed E-state index contributed by atoms with van der Waals surface area (Å²) < 4.78 is 5.22. The molecule has 0 fully saturated rings. The second kappa shape index (κ2) is 8.72. The highest BCUT2D eigenvalue weighted by Gasteiger charge is 2.24. The molecule has 3 rings (SSSR count). The van der Waals surface area contributed by atoms with Crippen molar-refractivity contribution >= 4 is 41.5 Å². The molecule has 0 spiro atoms. The van der Waals surface area contributed by atoms with E-state index in [1.165, 1.54) is 5.57 Å². The largest absolute Gasteiger partial charge is 0.360 e. The molecule has 1 aliphatic rings. The minimum atomic E-state index is -0.251. The molecule has 0 aliphatic carbocycles. The standard InChI is InChI=1S/C17H17Cl2N3O2.ClH/c1-10-14(17(23)21-9-11-5-7-20-8-6-11)16(22-24-10)15-12(18)3-2-4-13(15)19;/h2-5,20H,6-9H2,1H3,(H,21,23);1H. The van der Waals surface area contributed by atoms with E-state index in [1.807, 2.05) is 0 Å². The number of hydrogen-bond acceptors (Lipinski definition) is 4. The summed E-state index contributed by atoms with van der Waals surface area (Å²) in [4.78, 5) is 12.6. The lowest BCUT2D eigenvalue weighted by molar-refractivity contribution is 0.0955. The summed E-state index contributed by atoms with van der Waals surface area (Å²) in [7, 11) is 0. The first kappa shape index (κ1) is 19.8. The number of carbonyl (C=O) groups is 1. The molecule has 0 saturated heterocycles. The highest BCUT2D eigenvalue weighted by molar-refractivity contribution is 6.39. The molecule has 0 atom stereocenters. The van der Waals surface area contributed by atoms with E-state index in [9.17, 15) is 4.79 Å². The molecule has 5 nitrogen and oxygen atoms in total. The number of carbonyl (C=O) groups excluding carboxylic acids is 1. The van der Waals surface area contributed by atoms with Gasteiger partial charge in [-0.25, -0.2) is 0 Å². The summed E-state index contributed by atoms with van der Waals surface area (Å²) in [6.45, 7) is 3.95. The van der Waals surface area contributed by atoms with Crippen LogP contribution in [0.5, 0.6) is 0 Å². The zero-order valence-corrected chi connectivity index (χ0v) is 15.9. The van der Waals surface area contributed by atoms with Gasteiger partial charge in [0.25, 0.3) is 5.91 Å². The van der Waals surface area contributed by atoms with Gasteiger partial charge in [0.2, 0.25) is 0 Å². The third-order valence-corrected chi connectivity index (χ3v) is 4.55. The highest BCUT2D eigenvalue weighted by Crippen LogP contribution is 2.36. The summed E-state index contributed by atoms with van der Waals surface area (Å²) in [6, 6.07) is 5.15. The van der Waals surface area contributed by atoms with E-state index in [2.05, 4.69) is 21.9 Å². The second-order valence-corrected chi connectivity index (χ2v) is 6.37. The van der Waals surface area contributed by atoms with Gasteiger partial charge in [-0.1, -0.05) is 46.1 Å². The van der Waals surface area contributed by atoms with E-state index in [0.29, 0.717) is 39.2 Å². The Hall–Kier alpha value is -1.53. The second-order valence-electron chi connectivity index (χ2n) is 5.56. The number of nitrogens with zero attached hydrogens (tertiary/aromatic N) is 1. The number of nitrogens with one attached hydrogen (secondary N) is 2. The van der Waals surface area contributed by atoms with Crippen LogP contribution in [0.4, 0.5) is 0 Å². The van der Waals surface area contributed by atoms with Crippen LogP contribution in [0.25, 0.3) is 11.3 Å².